The standard InChI is InChI=1S/2C24H25N3O3/c2*1-18(20-8-3-2-4-9-20)27-17-24(30-23(27)29)11-6-13-26(14-12-24)22(28)21-10-5-7-19(15-21)16-25/h2*2-5,7-10,15,18H,6,11-14,17H2,1H3/t18-,24+;18-,24-/m00/s1. The number of ether oxygens (including phenoxy) is 2. The molecule has 0 aromatic heterocycles. The van der Waals surface area contributed by atoms with Crippen LogP contribution in [0.1, 0.15) is 107 Å². The van der Waals surface area contributed by atoms with E-state index in [0.29, 0.717) is 74.4 Å². The molecule has 4 atom stereocenters. The Bertz CT molecular complexity index is 2130. The Morgan fingerprint density at radius 3 is 1.35 bits per heavy atom. The highest BCUT2D eigenvalue weighted by Gasteiger charge is 2.49. The van der Waals surface area contributed by atoms with Gasteiger partial charge in [0.2, 0.25) is 0 Å². The molecule has 2 spiro atoms. The van der Waals surface area contributed by atoms with Gasteiger partial charge in [0, 0.05) is 50.1 Å². The maximum atomic E-state index is 12.9. The van der Waals surface area contributed by atoms with Gasteiger partial charge in [0.25, 0.3) is 11.8 Å². The van der Waals surface area contributed by atoms with Crippen LogP contribution >= 0.6 is 0 Å². The van der Waals surface area contributed by atoms with Crippen LogP contribution in [-0.2, 0) is 9.47 Å². The lowest BCUT2D eigenvalue weighted by molar-refractivity contribution is 0.0428. The number of hydrogen-bond acceptors (Lipinski definition) is 8. The lowest BCUT2D eigenvalue weighted by Gasteiger charge is -2.27. The van der Waals surface area contributed by atoms with E-state index in [1.165, 1.54) is 0 Å². The Hall–Kier alpha value is -6.66. The average molecular weight is 807 g/mol. The van der Waals surface area contributed by atoms with Crippen molar-refractivity contribution in [1.29, 1.82) is 10.5 Å². The highest BCUT2D eigenvalue weighted by molar-refractivity contribution is 5.95. The van der Waals surface area contributed by atoms with Crippen molar-refractivity contribution in [3.8, 4) is 12.1 Å². The van der Waals surface area contributed by atoms with Gasteiger partial charge in [-0.1, -0.05) is 72.8 Å². The number of amides is 4. The number of rotatable bonds is 6. The second-order valence-electron chi connectivity index (χ2n) is 16.2. The summed E-state index contributed by atoms with van der Waals surface area (Å²) >= 11 is 0. The molecule has 4 amide bonds. The molecule has 4 fully saturated rings. The molecule has 0 saturated carbocycles. The van der Waals surface area contributed by atoms with Gasteiger partial charge >= 0.3 is 12.2 Å². The number of carbonyl (C=O) groups excluding carboxylic acids is 4. The molecule has 0 N–H and O–H groups in total. The number of carbonyl (C=O) groups is 4. The first kappa shape index (κ1) is 41.5. The highest BCUT2D eigenvalue weighted by atomic mass is 16.6. The van der Waals surface area contributed by atoms with Gasteiger partial charge in [-0.15, -0.1) is 0 Å². The molecule has 308 valence electrons. The van der Waals surface area contributed by atoms with E-state index in [2.05, 4.69) is 12.1 Å². The monoisotopic (exact) mass is 806 g/mol. The van der Waals surface area contributed by atoms with Crippen molar-refractivity contribution in [2.45, 2.75) is 75.7 Å². The SMILES string of the molecule is C[C@@H](c1ccccc1)N1C[C@@]2(CCCN(C(=O)c3cccc(C#N)c3)CC2)OC1=O.C[C@@H](c1ccccc1)N1C[C@]2(CCCN(C(=O)c3cccc(C#N)c3)CC2)OC1=O. The first-order valence-corrected chi connectivity index (χ1v) is 20.7. The van der Waals surface area contributed by atoms with E-state index < -0.39 is 11.2 Å². The van der Waals surface area contributed by atoms with E-state index in [1.54, 1.807) is 58.3 Å². The second kappa shape index (κ2) is 18.1. The fourth-order valence-electron chi connectivity index (χ4n) is 8.79. The third-order valence-corrected chi connectivity index (χ3v) is 12.3. The molecule has 8 rings (SSSR count). The molecule has 12 heteroatoms. The molecule has 0 unspecified atom stereocenters. The average Bonchev–Trinajstić information content (AvgIpc) is 3.60. The summed E-state index contributed by atoms with van der Waals surface area (Å²) in [6, 6.07) is 37.5. The summed E-state index contributed by atoms with van der Waals surface area (Å²) in [6.45, 7) is 7.38. The van der Waals surface area contributed by atoms with Crippen LogP contribution in [0.2, 0.25) is 0 Å². The van der Waals surface area contributed by atoms with Gasteiger partial charge in [0.1, 0.15) is 11.2 Å². The summed E-state index contributed by atoms with van der Waals surface area (Å²) in [5, 5.41) is 18.2. The third kappa shape index (κ3) is 9.14. The van der Waals surface area contributed by atoms with E-state index in [4.69, 9.17) is 20.0 Å². The van der Waals surface area contributed by atoms with Gasteiger partial charge in [0.05, 0.1) is 48.4 Å². The summed E-state index contributed by atoms with van der Waals surface area (Å²) in [7, 11) is 0. The van der Waals surface area contributed by atoms with Gasteiger partial charge in [-0.05, 0) is 87.1 Å². The number of likely N-dealkylation sites (tertiary alicyclic amines) is 2. The van der Waals surface area contributed by atoms with E-state index in [1.807, 2.05) is 84.3 Å². The summed E-state index contributed by atoms with van der Waals surface area (Å²) in [4.78, 5) is 58.4. The minimum Gasteiger partial charge on any atom is -0.441 e. The first-order chi connectivity index (χ1) is 29.0. The maximum absolute atomic E-state index is 12.9. The van der Waals surface area contributed by atoms with Gasteiger partial charge in [-0.2, -0.15) is 10.5 Å². The predicted octanol–water partition coefficient (Wildman–Crippen LogP) is 8.27. The van der Waals surface area contributed by atoms with Crippen molar-refractivity contribution in [2.75, 3.05) is 39.3 Å². The molecule has 0 radical (unpaired) electrons. The zero-order chi connectivity index (χ0) is 42.3. The zero-order valence-corrected chi connectivity index (χ0v) is 34.2. The molecule has 4 aliphatic rings. The van der Waals surface area contributed by atoms with Crippen molar-refractivity contribution >= 4 is 24.0 Å². The molecule has 4 aromatic carbocycles. The van der Waals surface area contributed by atoms with Crippen LogP contribution in [0.3, 0.4) is 0 Å². The van der Waals surface area contributed by atoms with Crippen molar-refractivity contribution in [3.05, 3.63) is 143 Å². The van der Waals surface area contributed by atoms with Crippen LogP contribution in [0.25, 0.3) is 0 Å². The molecule has 4 saturated heterocycles. The Kier molecular flexibility index (Phi) is 12.5. The maximum Gasteiger partial charge on any atom is 0.411 e. The smallest absolute Gasteiger partial charge is 0.411 e. The topological polar surface area (TPSA) is 147 Å². The van der Waals surface area contributed by atoms with E-state index in [-0.39, 0.29) is 36.1 Å². The Morgan fingerprint density at radius 1 is 0.567 bits per heavy atom. The van der Waals surface area contributed by atoms with Crippen LogP contribution in [0.5, 0.6) is 0 Å². The summed E-state index contributed by atoms with van der Waals surface area (Å²) in [6.07, 6.45) is 3.66. The van der Waals surface area contributed by atoms with Crippen LogP contribution in [-0.4, -0.2) is 94.1 Å². The normalized spacial score (nSPS) is 22.3. The van der Waals surface area contributed by atoms with Gasteiger partial charge in [0.15, 0.2) is 0 Å². The third-order valence-electron chi connectivity index (χ3n) is 12.3. The lowest BCUT2D eigenvalue weighted by atomic mass is 9.94. The fraction of sp³-hybridized carbons (Fsp3) is 0.375. The molecule has 0 bridgehead atoms. The Labute approximate surface area is 351 Å². The minimum absolute atomic E-state index is 0.0622. The predicted molar refractivity (Wildman–Crippen MR) is 223 cm³/mol. The van der Waals surface area contributed by atoms with Crippen molar-refractivity contribution < 1.29 is 28.7 Å². The number of nitriles is 2. The minimum atomic E-state index is -0.552. The molecule has 12 nitrogen and oxygen atoms in total. The Balaban J connectivity index is 0.000000181. The number of benzene rings is 4. The van der Waals surface area contributed by atoms with Crippen molar-refractivity contribution in [2.24, 2.45) is 0 Å². The van der Waals surface area contributed by atoms with Crippen LogP contribution in [0.4, 0.5) is 9.59 Å². The first-order valence-electron chi connectivity index (χ1n) is 20.7. The van der Waals surface area contributed by atoms with Crippen molar-refractivity contribution in [3.63, 3.8) is 0 Å². The van der Waals surface area contributed by atoms with Gasteiger partial charge < -0.3 is 19.3 Å². The van der Waals surface area contributed by atoms with Crippen LogP contribution in [0, 0.1) is 22.7 Å². The van der Waals surface area contributed by atoms with E-state index in [9.17, 15) is 19.2 Å². The molecular weight excluding hydrogens is 757 g/mol. The van der Waals surface area contributed by atoms with Crippen LogP contribution in [0.15, 0.2) is 109 Å². The quantitative estimate of drug-likeness (QED) is 0.189. The largest absolute Gasteiger partial charge is 0.441 e. The molecule has 60 heavy (non-hydrogen) atoms. The summed E-state index contributed by atoms with van der Waals surface area (Å²) < 4.78 is 11.8. The molecule has 4 aliphatic heterocycles. The number of nitrogens with zero attached hydrogens (tertiary/aromatic N) is 6. The number of hydrogen-bond donors (Lipinski definition) is 0. The van der Waals surface area contributed by atoms with Gasteiger partial charge in [-0.25, -0.2) is 9.59 Å². The summed E-state index contributed by atoms with van der Waals surface area (Å²) in [5.74, 6) is -0.161. The van der Waals surface area contributed by atoms with Gasteiger partial charge in [-0.3, -0.25) is 19.4 Å². The Morgan fingerprint density at radius 2 is 0.967 bits per heavy atom. The lowest BCUT2D eigenvalue weighted by Crippen LogP contribution is -2.37. The van der Waals surface area contributed by atoms with E-state index in [0.717, 1.165) is 36.8 Å². The second-order valence-corrected chi connectivity index (χ2v) is 16.2. The molecule has 4 heterocycles. The van der Waals surface area contributed by atoms with Crippen LogP contribution < -0.4 is 0 Å². The van der Waals surface area contributed by atoms with Crippen molar-refractivity contribution in [1.82, 2.24) is 19.6 Å². The molecule has 4 aromatic rings. The molecule has 0 aliphatic carbocycles. The molecular formula is C48H50N6O6. The van der Waals surface area contributed by atoms with E-state index >= 15 is 0 Å². The fourth-order valence-corrected chi connectivity index (χ4v) is 8.79. The zero-order valence-electron chi connectivity index (χ0n) is 34.2. The highest BCUT2D eigenvalue weighted by Crippen LogP contribution is 2.39. The summed E-state index contributed by atoms with van der Waals surface area (Å²) in [5.41, 5.74) is 3.04.